The lowest BCUT2D eigenvalue weighted by Gasteiger charge is -2.26. The molecule has 2 aliphatic heterocycles. The summed E-state index contributed by atoms with van der Waals surface area (Å²) in [5, 5.41) is 0.477. The first kappa shape index (κ1) is 13.2. The maximum absolute atomic E-state index is 6.10. The SMILES string of the molecule is CC1(c2cc(OCC3COC3)cc(Cl)n2)CCOC1. The number of hydrogen-bond donors (Lipinski definition) is 0. The Labute approximate surface area is 118 Å². The molecule has 0 radical (unpaired) electrons. The standard InChI is InChI=1S/C14H18ClNO3/c1-14(2-3-17-9-14)12-4-11(5-13(15)16-12)19-8-10-6-18-7-10/h4-5,10H,2-3,6-9H2,1H3. The fraction of sp³-hybridized carbons (Fsp3) is 0.643. The van der Waals surface area contributed by atoms with Crippen LogP contribution in [0.2, 0.25) is 5.15 Å². The van der Waals surface area contributed by atoms with E-state index in [1.54, 1.807) is 6.07 Å². The van der Waals surface area contributed by atoms with E-state index in [0.717, 1.165) is 37.7 Å². The van der Waals surface area contributed by atoms with E-state index in [9.17, 15) is 0 Å². The van der Waals surface area contributed by atoms with Gasteiger partial charge >= 0.3 is 0 Å². The molecular weight excluding hydrogens is 266 g/mol. The van der Waals surface area contributed by atoms with Gasteiger partial charge in [0.2, 0.25) is 0 Å². The van der Waals surface area contributed by atoms with Gasteiger partial charge in [-0.3, -0.25) is 0 Å². The molecule has 0 spiro atoms. The van der Waals surface area contributed by atoms with Crippen molar-refractivity contribution >= 4 is 11.6 Å². The number of hydrogen-bond acceptors (Lipinski definition) is 4. The first-order valence-corrected chi connectivity index (χ1v) is 7.00. The van der Waals surface area contributed by atoms with Crippen LogP contribution in [0.3, 0.4) is 0 Å². The number of ether oxygens (including phenoxy) is 3. The van der Waals surface area contributed by atoms with E-state index in [0.29, 0.717) is 24.3 Å². The zero-order valence-electron chi connectivity index (χ0n) is 11.0. The largest absolute Gasteiger partial charge is 0.493 e. The molecule has 0 amide bonds. The molecule has 1 aromatic rings. The van der Waals surface area contributed by atoms with Crippen LogP contribution in [0, 0.1) is 5.92 Å². The minimum absolute atomic E-state index is 0.0530. The van der Waals surface area contributed by atoms with Gasteiger partial charge in [0.05, 0.1) is 32.1 Å². The van der Waals surface area contributed by atoms with Crippen LogP contribution >= 0.6 is 11.6 Å². The van der Waals surface area contributed by atoms with Gasteiger partial charge in [-0.05, 0) is 6.42 Å². The van der Waals surface area contributed by atoms with Crippen LogP contribution in [0.1, 0.15) is 19.0 Å². The minimum Gasteiger partial charge on any atom is -0.493 e. The second-order valence-electron chi connectivity index (χ2n) is 5.59. The van der Waals surface area contributed by atoms with Crippen molar-refractivity contribution in [3.8, 4) is 5.75 Å². The fourth-order valence-corrected chi connectivity index (χ4v) is 2.53. The zero-order chi connectivity index (χ0) is 13.3. The molecule has 4 nitrogen and oxygen atoms in total. The Morgan fingerprint density at radius 2 is 2.26 bits per heavy atom. The Bertz CT molecular complexity index is 456. The summed E-state index contributed by atoms with van der Waals surface area (Å²) in [6.45, 7) is 5.88. The second-order valence-corrected chi connectivity index (χ2v) is 5.98. The maximum atomic E-state index is 6.10. The van der Waals surface area contributed by atoms with Gasteiger partial charge in [0, 0.05) is 30.1 Å². The highest BCUT2D eigenvalue weighted by atomic mass is 35.5. The third-order valence-electron chi connectivity index (χ3n) is 3.80. The van der Waals surface area contributed by atoms with Crippen molar-refractivity contribution < 1.29 is 14.2 Å². The molecule has 2 saturated heterocycles. The van der Waals surface area contributed by atoms with Crippen molar-refractivity contribution in [1.82, 2.24) is 4.98 Å². The highest BCUT2D eigenvalue weighted by molar-refractivity contribution is 6.29. The summed E-state index contributed by atoms with van der Waals surface area (Å²) < 4.78 is 16.4. The predicted molar refractivity (Wildman–Crippen MR) is 71.8 cm³/mol. The summed E-state index contributed by atoms with van der Waals surface area (Å²) in [4.78, 5) is 4.43. The number of aromatic nitrogens is 1. The van der Waals surface area contributed by atoms with Crippen molar-refractivity contribution in [3.63, 3.8) is 0 Å². The molecule has 0 N–H and O–H groups in total. The lowest BCUT2D eigenvalue weighted by molar-refractivity contribution is -0.0508. The topological polar surface area (TPSA) is 40.6 Å². The lowest BCUT2D eigenvalue weighted by atomic mass is 9.86. The summed E-state index contributed by atoms with van der Waals surface area (Å²) in [6.07, 6.45) is 0.968. The highest BCUT2D eigenvalue weighted by Gasteiger charge is 2.33. The molecule has 0 aliphatic carbocycles. The van der Waals surface area contributed by atoms with Crippen LogP contribution in [0.4, 0.5) is 0 Å². The molecule has 1 atom stereocenters. The number of rotatable bonds is 4. The molecule has 5 heteroatoms. The Morgan fingerprint density at radius 1 is 1.42 bits per heavy atom. The van der Waals surface area contributed by atoms with Crippen molar-refractivity contribution in [1.29, 1.82) is 0 Å². The molecule has 0 bridgehead atoms. The van der Waals surface area contributed by atoms with Crippen LogP contribution < -0.4 is 4.74 Å². The van der Waals surface area contributed by atoms with Crippen molar-refractivity contribution in [2.75, 3.05) is 33.0 Å². The molecule has 1 aromatic heterocycles. The van der Waals surface area contributed by atoms with Gasteiger partial charge in [0.25, 0.3) is 0 Å². The quantitative estimate of drug-likeness (QED) is 0.796. The van der Waals surface area contributed by atoms with Crippen LogP contribution in [0.15, 0.2) is 12.1 Å². The third-order valence-corrected chi connectivity index (χ3v) is 3.99. The summed E-state index contributed by atoms with van der Waals surface area (Å²) in [7, 11) is 0. The van der Waals surface area contributed by atoms with E-state index in [-0.39, 0.29) is 5.41 Å². The third kappa shape index (κ3) is 2.86. The summed E-state index contributed by atoms with van der Waals surface area (Å²) in [6, 6.07) is 3.75. The van der Waals surface area contributed by atoms with Gasteiger partial charge in [0.1, 0.15) is 10.9 Å². The van der Waals surface area contributed by atoms with Crippen LogP contribution in [-0.2, 0) is 14.9 Å². The Kier molecular flexibility index (Phi) is 3.65. The van der Waals surface area contributed by atoms with Crippen molar-refractivity contribution in [3.05, 3.63) is 23.0 Å². The molecule has 2 aliphatic rings. The minimum atomic E-state index is -0.0530. The van der Waals surface area contributed by atoms with Crippen molar-refractivity contribution in [2.45, 2.75) is 18.8 Å². The van der Waals surface area contributed by atoms with E-state index < -0.39 is 0 Å². The average molecular weight is 284 g/mol. The van der Waals surface area contributed by atoms with Gasteiger partial charge in [-0.15, -0.1) is 0 Å². The van der Waals surface area contributed by atoms with E-state index in [4.69, 9.17) is 25.8 Å². The zero-order valence-corrected chi connectivity index (χ0v) is 11.8. The van der Waals surface area contributed by atoms with E-state index in [1.807, 2.05) is 6.07 Å². The molecule has 3 heterocycles. The van der Waals surface area contributed by atoms with E-state index in [2.05, 4.69) is 11.9 Å². The summed E-state index contributed by atoms with van der Waals surface area (Å²) in [5.41, 5.74) is 0.903. The first-order chi connectivity index (χ1) is 9.16. The molecule has 3 rings (SSSR count). The lowest BCUT2D eigenvalue weighted by Crippen LogP contribution is -2.32. The van der Waals surface area contributed by atoms with Gasteiger partial charge in [0.15, 0.2) is 0 Å². The fourth-order valence-electron chi connectivity index (χ4n) is 2.33. The normalized spacial score (nSPS) is 27.3. The molecular formula is C14H18ClNO3. The number of nitrogens with zero attached hydrogens (tertiary/aromatic N) is 1. The van der Waals surface area contributed by atoms with Crippen molar-refractivity contribution in [2.24, 2.45) is 5.92 Å². The summed E-state index contributed by atoms with van der Waals surface area (Å²) in [5.74, 6) is 1.29. The molecule has 2 fully saturated rings. The van der Waals surface area contributed by atoms with E-state index >= 15 is 0 Å². The average Bonchev–Trinajstić information content (AvgIpc) is 2.75. The molecule has 19 heavy (non-hydrogen) atoms. The van der Waals surface area contributed by atoms with E-state index in [1.165, 1.54) is 0 Å². The molecule has 104 valence electrons. The van der Waals surface area contributed by atoms with Gasteiger partial charge in [-0.25, -0.2) is 4.98 Å². The molecule has 1 unspecified atom stereocenters. The van der Waals surface area contributed by atoms with Crippen LogP contribution in [-0.4, -0.2) is 38.0 Å². The van der Waals surface area contributed by atoms with Gasteiger partial charge < -0.3 is 14.2 Å². The maximum Gasteiger partial charge on any atom is 0.133 e. The highest BCUT2D eigenvalue weighted by Crippen LogP contribution is 2.34. The number of halogens is 1. The number of pyridine rings is 1. The second kappa shape index (κ2) is 5.27. The smallest absolute Gasteiger partial charge is 0.133 e. The van der Waals surface area contributed by atoms with Crippen LogP contribution in [0.25, 0.3) is 0 Å². The predicted octanol–water partition coefficient (Wildman–Crippen LogP) is 2.44. The summed E-state index contributed by atoms with van der Waals surface area (Å²) >= 11 is 6.10. The van der Waals surface area contributed by atoms with Gasteiger partial charge in [-0.2, -0.15) is 0 Å². The molecule has 0 saturated carbocycles. The van der Waals surface area contributed by atoms with Crippen LogP contribution in [0.5, 0.6) is 5.75 Å². The Balaban J connectivity index is 1.75. The first-order valence-electron chi connectivity index (χ1n) is 6.62. The molecule has 0 aromatic carbocycles. The Morgan fingerprint density at radius 3 is 2.89 bits per heavy atom. The van der Waals surface area contributed by atoms with Gasteiger partial charge in [-0.1, -0.05) is 18.5 Å². The monoisotopic (exact) mass is 283 g/mol. The Hall–Kier alpha value is -0.840.